The van der Waals surface area contributed by atoms with Gasteiger partial charge in [-0.1, -0.05) is 28.1 Å². The lowest BCUT2D eigenvalue weighted by Gasteiger charge is -2.17. The van der Waals surface area contributed by atoms with Crippen LogP contribution in [0.15, 0.2) is 46.9 Å². The lowest BCUT2D eigenvalue weighted by molar-refractivity contribution is -0.128. The van der Waals surface area contributed by atoms with E-state index in [-0.39, 0.29) is 0 Å². The van der Waals surface area contributed by atoms with Gasteiger partial charge in [0, 0.05) is 4.47 Å². The molecule has 1 atom stereocenters. The molecule has 3 rings (SSSR count). The molecule has 0 bridgehead atoms. The van der Waals surface area contributed by atoms with Gasteiger partial charge in [0.05, 0.1) is 22.6 Å². The molecule has 3 aromatic rings. The summed E-state index contributed by atoms with van der Waals surface area (Å²) in [4.78, 5) is 25.2. The standard InChI is InChI=1S/C23H25BrN4O3/c1-13-7-6-8-20(14(13)2)31-17(5)22(29)25-26-23(30)21-15(3)27-28(16(21)4)19-11-9-18(24)10-12-19/h6-12,17H,1-5H3,(H,25,29)(H,26,30). The fourth-order valence-corrected chi connectivity index (χ4v) is 3.45. The number of hydrogen-bond donors (Lipinski definition) is 2. The van der Waals surface area contributed by atoms with E-state index in [4.69, 9.17) is 4.74 Å². The van der Waals surface area contributed by atoms with Crippen LogP contribution in [-0.4, -0.2) is 27.7 Å². The molecule has 7 nitrogen and oxygen atoms in total. The third-order valence-corrected chi connectivity index (χ3v) is 5.65. The monoisotopic (exact) mass is 484 g/mol. The number of hydrazine groups is 1. The maximum Gasteiger partial charge on any atom is 0.279 e. The van der Waals surface area contributed by atoms with Gasteiger partial charge in [-0.05, 0) is 76.1 Å². The predicted molar refractivity (Wildman–Crippen MR) is 122 cm³/mol. The number of aromatic nitrogens is 2. The number of halogens is 1. The normalized spacial score (nSPS) is 11.7. The summed E-state index contributed by atoms with van der Waals surface area (Å²) in [6, 6.07) is 13.3. The molecule has 0 saturated heterocycles. The van der Waals surface area contributed by atoms with Crippen LogP contribution in [0.3, 0.4) is 0 Å². The zero-order valence-corrected chi connectivity index (χ0v) is 19.7. The Morgan fingerprint density at radius 2 is 1.71 bits per heavy atom. The average molecular weight is 485 g/mol. The van der Waals surface area contributed by atoms with Crippen LogP contribution in [0.1, 0.15) is 39.8 Å². The SMILES string of the molecule is Cc1cccc(OC(C)C(=O)NNC(=O)c2c(C)nn(-c3ccc(Br)cc3)c2C)c1C. The lowest BCUT2D eigenvalue weighted by Crippen LogP contribution is -2.47. The molecule has 2 aromatic carbocycles. The minimum absolute atomic E-state index is 0.409. The zero-order valence-electron chi connectivity index (χ0n) is 18.1. The van der Waals surface area contributed by atoms with E-state index in [1.54, 1.807) is 18.5 Å². The Morgan fingerprint density at radius 1 is 1.03 bits per heavy atom. The second-order valence-corrected chi connectivity index (χ2v) is 8.25. The van der Waals surface area contributed by atoms with Gasteiger partial charge in [0.1, 0.15) is 5.75 Å². The van der Waals surface area contributed by atoms with Crippen LogP contribution in [0.25, 0.3) is 5.69 Å². The van der Waals surface area contributed by atoms with Crippen molar-refractivity contribution < 1.29 is 14.3 Å². The van der Waals surface area contributed by atoms with E-state index in [9.17, 15) is 9.59 Å². The number of benzene rings is 2. The fourth-order valence-electron chi connectivity index (χ4n) is 3.18. The molecule has 1 aromatic heterocycles. The number of carbonyl (C=O) groups excluding carboxylic acids is 2. The van der Waals surface area contributed by atoms with Crippen molar-refractivity contribution in [2.24, 2.45) is 0 Å². The van der Waals surface area contributed by atoms with E-state index in [2.05, 4.69) is 31.9 Å². The number of ether oxygens (including phenoxy) is 1. The molecule has 1 unspecified atom stereocenters. The van der Waals surface area contributed by atoms with Crippen LogP contribution in [0.4, 0.5) is 0 Å². The highest BCUT2D eigenvalue weighted by Crippen LogP contribution is 2.22. The number of rotatable bonds is 5. The first-order chi connectivity index (χ1) is 14.7. The van der Waals surface area contributed by atoms with Gasteiger partial charge in [-0.15, -0.1) is 0 Å². The molecule has 0 spiro atoms. The van der Waals surface area contributed by atoms with E-state index in [0.29, 0.717) is 22.7 Å². The van der Waals surface area contributed by atoms with Crippen molar-refractivity contribution in [2.75, 3.05) is 0 Å². The Morgan fingerprint density at radius 3 is 2.39 bits per heavy atom. The summed E-state index contributed by atoms with van der Waals surface area (Å²) in [6.07, 6.45) is -0.784. The van der Waals surface area contributed by atoms with Gasteiger partial charge in [-0.3, -0.25) is 20.4 Å². The van der Waals surface area contributed by atoms with Gasteiger partial charge < -0.3 is 4.74 Å². The topological polar surface area (TPSA) is 85.2 Å². The Balaban J connectivity index is 1.67. The first-order valence-electron chi connectivity index (χ1n) is 9.84. The molecular formula is C23H25BrN4O3. The first kappa shape index (κ1) is 22.6. The van der Waals surface area contributed by atoms with E-state index in [1.807, 2.05) is 63.2 Å². The highest BCUT2D eigenvalue weighted by molar-refractivity contribution is 9.10. The largest absolute Gasteiger partial charge is 0.481 e. The summed E-state index contributed by atoms with van der Waals surface area (Å²) in [6.45, 7) is 9.11. The number of nitrogens with zero attached hydrogens (tertiary/aromatic N) is 2. The maximum atomic E-state index is 12.7. The van der Waals surface area contributed by atoms with Crippen molar-refractivity contribution in [1.82, 2.24) is 20.6 Å². The minimum atomic E-state index is -0.784. The van der Waals surface area contributed by atoms with Gasteiger partial charge in [0.25, 0.3) is 11.8 Å². The summed E-state index contributed by atoms with van der Waals surface area (Å²) in [7, 11) is 0. The third kappa shape index (κ3) is 4.96. The molecule has 1 heterocycles. The van der Waals surface area contributed by atoms with Gasteiger partial charge >= 0.3 is 0 Å². The van der Waals surface area contributed by atoms with Gasteiger partial charge in [0.2, 0.25) is 0 Å². The van der Waals surface area contributed by atoms with Gasteiger partial charge in [-0.25, -0.2) is 4.68 Å². The number of carbonyl (C=O) groups is 2. The molecule has 2 amide bonds. The predicted octanol–water partition coefficient (Wildman–Crippen LogP) is 4.10. The molecule has 8 heteroatoms. The molecule has 2 N–H and O–H groups in total. The van der Waals surface area contributed by atoms with Crippen LogP contribution in [-0.2, 0) is 4.79 Å². The van der Waals surface area contributed by atoms with Crippen LogP contribution in [0.2, 0.25) is 0 Å². The van der Waals surface area contributed by atoms with E-state index < -0.39 is 17.9 Å². The second kappa shape index (κ2) is 9.34. The Hall–Kier alpha value is -3.13. The van der Waals surface area contributed by atoms with Crippen molar-refractivity contribution in [3.05, 3.63) is 75.0 Å². The zero-order chi connectivity index (χ0) is 22.7. The molecule has 0 fully saturated rings. The Kier molecular flexibility index (Phi) is 6.80. The van der Waals surface area contributed by atoms with E-state index in [0.717, 1.165) is 21.3 Å². The maximum absolute atomic E-state index is 12.7. The molecule has 31 heavy (non-hydrogen) atoms. The molecule has 162 valence electrons. The van der Waals surface area contributed by atoms with Crippen molar-refractivity contribution in [3.8, 4) is 11.4 Å². The highest BCUT2D eigenvalue weighted by atomic mass is 79.9. The highest BCUT2D eigenvalue weighted by Gasteiger charge is 2.22. The molecule has 0 saturated carbocycles. The van der Waals surface area contributed by atoms with Crippen LogP contribution in [0, 0.1) is 27.7 Å². The van der Waals surface area contributed by atoms with Gasteiger partial charge in [-0.2, -0.15) is 5.10 Å². The Bertz CT molecular complexity index is 1120. The molecular weight excluding hydrogens is 460 g/mol. The second-order valence-electron chi connectivity index (χ2n) is 7.34. The Labute approximate surface area is 189 Å². The van der Waals surface area contributed by atoms with Crippen LogP contribution >= 0.6 is 15.9 Å². The molecule has 0 radical (unpaired) electrons. The van der Waals surface area contributed by atoms with Crippen molar-refractivity contribution in [1.29, 1.82) is 0 Å². The third-order valence-electron chi connectivity index (χ3n) is 5.12. The van der Waals surface area contributed by atoms with Crippen molar-refractivity contribution in [2.45, 2.75) is 40.7 Å². The van der Waals surface area contributed by atoms with Gasteiger partial charge in [0.15, 0.2) is 6.10 Å². The fraction of sp³-hybridized carbons (Fsp3) is 0.261. The van der Waals surface area contributed by atoms with Crippen molar-refractivity contribution in [3.63, 3.8) is 0 Å². The summed E-state index contributed by atoms with van der Waals surface area (Å²) in [5.41, 5.74) is 9.43. The number of nitrogens with one attached hydrogen (secondary N) is 2. The smallest absolute Gasteiger partial charge is 0.279 e. The summed E-state index contributed by atoms with van der Waals surface area (Å²) in [5.74, 6) is -0.257. The molecule has 0 aliphatic carbocycles. The van der Waals surface area contributed by atoms with E-state index in [1.165, 1.54) is 0 Å². The number of aryl methyl sites for hydroxylation is 2. The quantitative estimate of drug-likeness (QED) is 0.533. The summed E-state index contributed by atoms with van der Waals surface area (Å²) >= 11 is 3.41. The van der Waals surface area contributed by atoms with E-state index >= 15 is 0 Å². The lowest BCUT2D eigenvalue weighted by atomic mass is 10.1. The number of amides is 2. The molecule has 0 aliphatic rings. The van der Waals surface area contributed by atoms with Crippen LogP contribution in [0.5, 0.6) is 5.75 Å². The average Bonchev–Trinajstić information content (AvgIpc) is 3.04. The summed E-state index contributed by atoms with van der Waals surface area (Å²) < 4.78 is 8.41. The van der Waals surface area contributed by atoms with Crippen molar-refractivity contribution >= 4 is 27.7 Å². The van der Waals surface area contributed by atoms with Crippen LogP contribution < -0.4 is 15.6 Å². The summed E-state index contributed by atoms with van der Waals surface area (Å²) in [5, 5.41) is 4.47. The number of hydrogen-bond acceptors (Lipinski definition) is 4. The first-order valence-corrected chi connectivity index (χ1v) is 10.6. The molecule has 0 aliphatic heterocycles. The minimum Gasteiger partial charge on any atom is -0.481 e.